The second-order valence-electron chi connectivity index (χ2n) is 9.17. The lowest BCUT2D eigenvalue weighted by Gasteiger charge is -2.17. The number of nitrogens with one attached hydrogen (secondary N) is 1. The first-order chi connectivity index (χ1) is 16.1. The van der Waals surface area contributed by atoms with Gasteiger partial charge in [-0.05, 0) is 19.3 Å². The molecule has 0 aliphatic carbocycles. The van der Waals surface area contributed by atoms with Crippen LogP contribution in [0.3, 0.4) is 0 Å². The Labute approximate surface area is 203 Å². The number of hydrogen-bond acceptors (Lipinski definition) is 5. The van der Waals surface area contributed by atoms with E-state index < -0.39 is 0 Å². The van der Waals surface area contributed by atoms with Crippen LogP contribution in [0.25, 0.3) is 0 Å². The SMILES string of the molecule is CCCCCCCCCCCCCCCCOCC(COCCCCNC(C)=O)OC(C)=O. The van der Waals surface area contributed by atoms with Crippen molar-refractivity contribution in [2.45, 2.75) is 130 Å². The maximum absolute atomic E-state index is 11.3. The van der Waals surface area contributed by atoms with Crippen molar-refractivity contribution in [3.8, 4) is 0 Å². The van der Waals surface area contributed by atoms with E-state index in [1.807, 2.05) is 0 Å². The summed E-state index contributed by atoms with van der Waals surface area (Å²) in [4.78, 5) is 22.1. The lowest BCUT2D eigenvalue weighted by molar-refractivity contribution is -0.153. The molecule has 0 saturated carbocycles. The van der Waals surface area contributed by atoms with Crippen LogP contribution >= 0.6 is 0 Å². The fourth-order valence-electron chi connectivity index (χ4n) is 3.77. The van der Waals surface area contributed by atoms with Gasteiger partial charge < -0.3 is 19.5 Å². The van der Waals surface area contributed by atoms with Crippen LogP contribution in [-0.4, -0.2) is 51.0 Å². The molecular weight excluding hydrogens is 418 g/mol. The molecule has 196 valence electrons. The number of amides is 1. The topological polar surface area (TPSA) is 73.9 Å². The number of esters is 1. The summed E-state index contributed by atoms with van der Waals surface area (Å²) >= 11 is 0. The minimum atomic E-state index is -0.357. The molecule has 1 amide bonds. The molecule has 0 aliphatic rings. The standard InChI is InChI=1S/C27H53NO5/c1-4-5-6-7-8-9-10-11-12-13-14-15-16-18-21-31-23-27(33-26(3)30)24-32-22-19-17-20-28-25(2)29/h27H,4-24H2,1-3H3,(H,28,29). The Kier molecular flexibility index (Phi) is 24.6. The number of ether oxygens (including phenoxy) is 3. The summed E-state index contributed by atoms with van der Waals surface area (Å²) in [7, 11) is 0. The second-order valence-corrected chi connectivity index (χ2v) is 9.17. The van der Waals surface area contributed by atoms with Crippen LogP contribution < -0.4 is 5.32 Å². The van der Waals surface area contributed by atoms with Gasteiger partial charge in [-0.15, -0.1) is 0 Å². The zero-order valence-electron chi connectivity index (χ0n) is 22.0. The van der Waals surface area contributed by atoms with Gasteiger partial charge in [0.1, 0.15) is 6.10 Å². The van der Waals surface area contributed by atoms with Gasteiger partial charge in [-0.25, -0.2) is 0 Å². The van der Waals surface area contributed by atoms with Crippen molar-refractivity contribution in [2.75, 3.05) is 33.0 Å². The quantitative estimate of drug-likeness (QED) is 0.124. The van der Waals surface area contributed by atoms with E-state index in [2.05, 4.69) is 12.2 Å². The van der Waals surface area contributed by atoms with E-state index in [1.54, 1.807) is 0 Å². The third-order valence-corrected chi connectivity index (χ3v) is 5.67. The highest BCUT2D eigenvalue weighted by atomic mass is 16.6. The summed E-state index contributed by atoms with van der Waals surface area (Å²) in [6, 6.07) is 0. The summed E-state index contributed by atoms with van der Waals surface area (Å²) in [5.41, 5.74) is 0. The molecule has 1 atom stereocenters. The molecule has 0 spiro atoms. The molecule has 6 heteroatoms. The Bertz CT molecular complexity index is 444. The van der Waals surface area contributed by atoms with Crippen molar-refractivity contribution in [3.63, 3.8) is 0 Å². The first-order valence-electron chi connectivity index (χ1n) is 13.6. The highest BCUT2D eigenvalue weighted by Gasteiger charge is 2.12. The summed E-state index contributed by atoms with van der Waals surface area (Å²) in [5, 5.41) is 2.76. The van der Waals surface area contributed by atoms with Crippen LogP contribution in [0.5, 0.6) is 0 Å². The van der Waals surface area contributed by atoms with E-state index in [9.17, 15) is 9.59 Å². The summed E-state index contributed by atoms with van der Waals surface area (Å²) in [6.45, 7) is 7.86. The van der Waals surface area contributed by atoms with Gasteiger partial charge in [-0.1, -0.05) is 90.4 Å². The average Bonchev–Trinajstić information content (AvgIpc) is 2.77. The molecule has 0 aromatic heterocycles. The van der Waals surface area contributed by atoms with E-state index in [1.165, 1.54) is 97.3 Å². The van der Waals surface area contributed by atoms with Crippen molar-refractivity contribution in [1.29, 1.82) is 0 Å². The van der Waals surface area contributed by atoms with Gasteiger partial charge in [0.05, 0.1) is 13.2 Å². The molecule has 33 heavy (non-hydrogen) atoms. The molecule has 0 aliphatic heterocycles. The van der Waals surface area contributed by atoms with Crippen LogP contribution in [-0.2, 0) is 23.8 Å². The van der Waals surface area contributed by atoms with Crippen LogP contribution in [0.4, 0.5) is 0 Å². The second kappa shape index (κ2) is 25.5. The van der Waals surface area contributed by atoms with Crippen molar-refractivity contribution in [1.82, 2.24) is 5.32 Å². The third-order valence-electron chi connectivity index (χ3n) is 5.67. The molecule has 0 aromatic rings. The Balaban J connectivity index is 3.49. The predicted octanol–water partition coefficient (Wildman–Crippen LogP) is 6.35. The summed E-state index contributed by atoms with van der Waals surface area (Å²) in [6.07, 6.45) is 20.1. The molecule has 0 bridgehead atoms. The monoisotopic (exact) mass is 471 g/mol. The zero-order chi connectivity index (χ0) is 24.4. The van der Waals surface area contributed by atoms with Gasteiger partial charge >= 0.3 is 5.97 Å². The van der Waals surface area contributed by atoms with Gasteiger partial charge in [0.15, 0.2) is 0 Å². The Morgan fingerprint density at radius 3 is 1.48 bits per heavy atom. The van der Waals surface area contributed by atoms with E-state index in [0.29, 0.717) is 33.0 Å². The first-order valence-corrected chi connectivity index (χ1v) is 13.6. The minimum absolute atomic E-state index is 0.0122. The first kappa shape index (κ1) is 31.9. The number of carbonyl (C=O) groups excluding carboxylic acids is 2. The number of rotatable bonds is 25. The van der Waals surface area contributed by atoms with Crippen LogP contribution in [0.2, 0.25) is 0 Å². The zero-order valence-corrected chi connectivity index (χ0v) is 22.0. The molecule has 0 aromatic carbocycles. The fraction of sp³-hybridized carbons (Fsp3) is 0.926. The smallest absolute Gasteiger partial charge is 0.303 e. The van der Waals surface area contributed by atoms with E-state index in [-0.39, 0.29) is 18.0 Å². The minimum Gasteiger partial charge on any atom is -0.458 e. The van der Waals surface area contributed by atoms with Gasteiger partial charge in [0.2, 0.25) is 5.91 Å². The van der Waals surface area contributed by atoms with Crippen molar-refractivity contribution in [2.24, 2.45) is 0 Å². The predicted molar refractivity (Wildman–Crippen MR) is 135 cm³/mol. The molecule has 1 unspecified atom stereocenters. The van der Waals surface area contributed by atoms with Gasteiger partial charge in [0.25, 0.3) is 0 Å². The highest BCUT2D eigenvalue weighted by molar-refractivity contribution is 5.72. The van der Waals surface area contributed by atoms with E-state index >= 15 is 0 Å². The van der Waals surface area contributed by atoms with Crippen molar-refractivity contribution in [3.05, 3.63) is 0 Å². The fourth-order valence-corrected chi connectivity index (χ4v) is 3.77. The summed E-state index contributed by atoms with van der Waals surface area (Å²) < 4.78 is 16.6. The van der Waals surface area contributed by atoms with E-state index in [0.717, 1.165) is 19.3 Å². The van der Waals surface area contributed by atoms with Gasteiger partial charge in [-0.2, -0.15) is 0 Å². The average molecular weight is 472 g/mol. The molecule has 0 fully saturated rings. The number of carbonyl (C=O) groups is 2. The number of hydrogen-bond donors (Lipinski definition) is 1. The maximum Gasteiger partial charge on any atom is 0.303 e. The van der Waals surface area contributed by atoms with E-state index in [4.69, 9.17) is 14.2 Å². The summed E-state index contributed by atoms with van der Waals surface area (Å²) in [5.74, 6) is -0.323. The molecule has 0 saturated heterocycles. The molecule has 0 rings (SSSR count). The normalized spacial score (nSPS) is 12.0. The lowest BCUT2D eigenvalue weighted by atomic mass is 10.0. The maximum atomic E-state index is 11.3. The Morgan fingerprint density at radius 1 is 0.636 bits per heavy atom. The van der Waals surface area contributed by atoms with Crippen molar-refractivity contribution >= 4 is 11.9 Å². The van der Waals surface area contributed by atoms with Gasteiger partial charge in [-0.3, -0.25) is 9.59 Å². The molecule has 1 N–H and O–H groups in total. The highest BCUT2D eigenvalue weighted by Crippen LogP contribution is 2.13. The van der Waals surface area contributed by atoms with Gasteiger partial charge in [0, 0.05) is 33.6 Å². The Hall–Kier alpha value is -1.14. The lowest BCUT2D eigenvalue weighted by Crippen LogP contribution is -2.28. The van der Waals surface area contributed by atoms with Crippen LogP contribution in [0.1, 0.15) is 124 Å². The molecule has 0 heterocycles. The molecular formula is C27H53NO5. The Morgan fingerprint density at radius 2 is 1.06 bits per heavy atom. The van der Waals surface area contributed by atoms with Crippen LogP contribution in [0, 0.1) is 0 Å². The van der Waals surface area contributed by atoms with Crippen LogP contribution in [0.15, 0.2) is 0 Å². The van der Waals surface area contributed by atoms with Crippen molar-refractivity contribution < 1.29 is 23.8 Å². The largest absolute Gasteiger partial charge is 0.458 e. The molecule has 6 nitrogen and oxygen atoms in total. The molecule has 0 radical (unpaired) electrons. The third kappa shape index (κ3) is 27.0. The number of unbranched alkanes of at least 4 members (excludes halogenated alkanes) is 14.